The number of anilines is 1. The second kappa shape index (κ2) is 9.27. The van der Waals surface area contributed by atoms with Crippen LogP contribution in [-0.2, 0) is 0 Å². The number of hydrogen-bond acceptors (Lipinski definition) is 3. The van der Waals surface area contributed by atoms with Gasteiger partial charge in [0, 0.05) is 20.4 Å². The highest BCUT2D eigenvalue weighted by atomic mass is 127. The number of benzene rings is 3. The third kappa shape index (κ3) is 5.50. The fourth-order valence-corrected chi connectivity index (χ4v) is 3.03. The molecule has 0 heterocycles. The van der Waals surface area contributed by atoms with Crippen LogP contribution in [0.2, 0.25) is 0 Å². The second-order valence-corrected chi connectivity index (χ2v) is 7.40. The number of hydrogen-bond donors (Lipinski definition) is 2. The Morgan fingerprint density at radius 1 is 0.893 bits per heavy atom. The zero-order valence-corrected chi connectivity index (χ0v) is 17.3. The summed E-state index contributed by atoms with van der Waals surface area (Å²) in [5, 5.41) is 6.79. The molecule has 0 atom stereocenters. The molecule has 0 aliphatic heterocycles. The van der Waals surface area contributed by atoms with E-state index in [1.54, 1.807) is 42.6 Å². The van der Waals surface area contributed by atoms with Crippen molar-refractivity contribution in [2.45, 2.75) is 6.92 Å². The molecule has 3 aromatic carbocycles. The van der Waals surface area contributed by atoms with Crippen LogP contribution in [0.15, 0.2) is 77.9 Å². The van der Waals surface area contributed by atoms with Gasteiger partial charge in [0.15, 0.2) is 0 Å². The van der Waals surface area contributed by atoms with Crippen molar-refractivity contribution < 1.29 is 9.59 Å². The third-order valence-electron chi connectivity index (χ3n) is 3.92. The molecule has 0 radical (unpaired) electrons. The summed E-state index contributed by atoms with van der Waals surface area (Å²) in [6.45, 7) is 1.96. The zero-order valence-electron chi connectivity index (χ0n) is 15.1. The number of nitrogens with zero attached hydrogens (tertiary/aromatic N) is 1. The minimum absolute atomic E-state index is 0.228. The van der Waals surface area contributed by atoms with Crippen LogP contribution in [0.3, 0.4) is 0 Å². The van der Waals surface area contributed by atoms with E-state index in [0.717, 1.165) is 14.7 Å². The highest BCUT2D eigenvalue weighted by Crippen LogP contribution is 2.13. The van der Waals surface area contributed by atoms with Crippen molar-refractivity contribution in [3.63, 3.8) is 0 Å². The molecule has 0 aliphatic rings. The lowest BCUT2D eigenvalue weighted by Gasteiger charge is -2.07. The van der Waals surface area contributed by atoms with Gasteiger partial charge in [0.05, 0.1) is 6.21 Å². The highest BCUT2D eigenvalue weighted by Gasteiger charge is 2.09. The number of amides is 2. The molecule has 0 aliphatic carbocycles. The number of carbonyl (C=O) groups is 2. The van der Waals surface area contributed by atoms with Gasteiger partial charge in [-0.2, -0.15) is 5.10 Å². The van der Waals surface area contributed by atoms with Crippen molar-refractivity contribution in [2.75, 3.05) is 5.32 Å². The normalized spacial score (nSPS) is 10.6. The van der Waals surface area contributed by atoms with Gasteiger partial charge in [-0.05, 0) is 77.5 Å². The van der Waals surface area contributed by atoms with Gasteiger partial charge in [0.2, 0.25) is 0 Å². The van der Waals surface area contributed by atoms with E-state index >= 15 is 0 Å². The number of rotatable bonds is 5. The van der Waals surface area contributed by atoms with Gasteiger partial charge < -0.3 is 5.32 Å². The van der Waals surface area contributed by atoms with E-state index in [9.17, 15) is 9.59 Å². The molecular formula is C22H18IN3O2. The van der Waals surface area contributed by atoms with Gasteiger partial charge in [-0.15, -0.1) is 0 Å². The lowest BCUT2D eigenvalue weighted by atomic mass is 10.1. The summed E-state index contributed by atoms with van der Waals surface area (Å²) in [4.78, 5) is 24.6. The molecule has 0 aromatic heterocycles. The minimum Gasteiger partial charge on any atom is -0.322 e. The molecule has 0 saturated heterocycles. The maximum Gasteiger partial charge on any atom is 0.271 e. The van der Waals surface area contributed by atoms with E-state index in [2.05, 4.69) is 38.4 Å². The van der Waals surface area contributed by atoms with Crippen LogP contribution in [0.1, 0.15) is 31.8 Å². The first kappa shape index (κ1) is 19.8. The molecule has 0 spiro atoms. The lowest BCUT2D eigenvalue weighted by molar-refractivity contribution is 0.0953. The summed E-state index contributed by atoms with van der Waals surface area (Å²) in [6, 6.07) is 21.8. The molecular weight excluding hydrogens is 465 g/mol. The van der Waals surface area contributed by atoms with Crippen molar-refractivity contribution in [1.29, 1.82) is 0 Å². The van der Waals surface area contributed by atoms with E-state index in [-0.39, 0.29) is 11.8 Å². The number of aryl methyl sites for hydroxylation is 1. The molecule has 0 fully saturated rings. The van der Waals surface area contributed by atoms with Crippen LogP contribution >= 0.6 is 22.6 Å². The van der Waals surface area contributed by atoms with E-state index in [0.29, 0.717) is 16.8 Å². The summed E-state index contributed by atoms with van der Waals surface area (Å²) in [6.07, 6.45) is 1.59. The smallest absolute Gasteiger partial charge is 0.271 e. The Morgan fingerprint density at radius 2 is 1.64 bits per heavy atom. The average Bonchev–Trinajstić information content (AvgIpc) is 2.68. The van der Waals surface area contributed by atoms with Crippen molar-refractivity contribution in [3.8, 4) is 0 Å². The molecule has 3 rings (SSSR count). The Bertz CT molecular complexity index is 1030. The number of hydrazone groups is 1. The number of carbonyl (C=O) groups excluding carboxylic acids is 2. The molecule has 5 nitrogen and oxygen atoms in total. The van der Waals surface area contributed by atoms with Gasteiger partial charge in [-0.25, -0.2) is 5.43 Å². The predicted octanol–water partition coefficient (Wildman–Crippen LogP) is 4.62. The molecule has 6 heteroatoms. The van der Waals surface area contributed by atoms with Crippen molar-refractivity contribution >= 4 is 46.3 Å². The van der Waals surface area contributed by atoms with Gasteiger partial charge in [0.25, 0.3) is 11.8 Å². The van der Waals surface area contributed by atoms with Gasteiger partial charge in [0.1, 0.15) is 0 Å². The van der Waals surface area contributed by atoms with E-state index in [1.165, 1.54) is 0 Å². The van der Waals surface area contributed by atoms with Crippen LogP contribution in [0.4, 0.5) is 5.69 Å². The van der Waals surface area contributed by atoms with Crippen LogP contribution in [0, 0.1) is 10.5 Å². The van der Waals surface area contributed by atoms with Crippen LogP contribution in [0.25, 0.3) is 0 Å². The lowest BCUT2D eigenvalue weighted by Crippen LogP contribution is -2.18. The summed E-state index contributed by atoms with van der Waals surface area (Å²) in [5.74, 6) is -0.581. The second-order valence-electron chi connectivity index (χ2n) is 6.16. The van der Waals surface area contributed by atoms with Crippen molar-refractivity contribution in [2.24, 2.45) is 5.10 Å². The van der Waals surface area contributed by atoms with E-state index in [1.807, 2.05) is 43.3 Å². The standard InChI is InChI=1S/C22H18IN3O2/c1-15-8-10-17(11-9-15)21(27)25-20-7-3-5-18(13-20)22(28)26-24-14-16-4-2-6-19(23)12-16/h2-14H,1H3,(H,25,27)(H,26,28)/b24-14+. The van der Waals surface area contributed by atoms with E-state index in [4.69, 9.17) is 0 Å². The van der Waals surface area contributed by atoms with Crippen LogP contribution < -0.4 is 10.7 Å². The van der Waals surface area contributed by atoms with Gasteiger partial charge in [-0.3, -0.25) is 9.59 Å². The highest BCUT2D eigenvalue weighted by molar-refractivity contribution is 14.1. The van der Waals surface area contributed by atoms with Gasteiger partial charge >= 0.3 is 0 Å². The summed E-state index contributed by atoms with van der Waals surface area (Å²) < 4.78 is 1.09. The topological polar surface area (TPSA) is 70.6 Å². The maximum atomic E-state index is 12.3. The third-order valence-corrected chi connectivity index (χ3v) is 4.60. The Balaban J connectivity index is 1.64. The first-order chi connectivity index (χ1) is 13.5. The molecule has 28 heavy (non-hydrogen) atoms. The van der Waals surface area contributed by atoms with Crippen LogP contribution in [0.5, 0.6) is 0 Å². The van der Waals surface area contributed by atoms with Crippen molar-refractivity contribution in [3.05, 3.63) is 98.6 Å². The Hall–Kier alpha value is -3.00. The van der Waals surface area contributed by atoms with Crippen molar-refractivity contribution in [1.82, 2.24) is 5.43 Å². The molecule has 2 N–H and O–H groups in total. The first-order valence-corrected chi connectivity index (χ1v) is 9.66. The summed E-state index contributed by atoms with van der Waals surface area (Å²) in [5.41, 5.74) is 5.98. The largest absolute Gasteiger partial charge is 0.322 e. The quantitative estimate of drug-likeness (QED) is 0.316. The van der Waals surface area contributed by atoms with Gasteiger partial charge in [-0.1, -0.05) is 35.9 Å². The molecule has 2 amide bonds. The minimum atomic E-state index is -0.353. The number of nitrogens with one attached hydrogen (secondary N) is 2. The Labute approximate surface area is 177 Å². The summed E-state index contributed by atoms with van der Waals surface area (Å²) >= 11 is 2.22. The maximum absolute atomic E-state index is 12.3. The molecule has 0 bridgehead atoms. The first-order valence-electron chi connectivity index (χ1n) is 8.58. The zero-order chi connectivity index (χ0) is 19.9. The average molecular weight is 483 g/mol. The monoisotopic (exact) mass is 483 g/mol. The summed E-state index contributed by atoms with van der Waals surface area (Å²) in [7, 11) is 0. The molecule has 3 aromatic rings. The molecule has 0 saturated carbocycles. The predicted molar refractivity (Wildman–Crippen MR) is 120 cm³/mol. The SMILES string of the molecule is Cc1ccc(C(=O)Nc2cccc(C(=O)N/N=C/c3cccc(I)c3)c2)cc1. The Kier molecular flexibility index (Phi) is 6.54. The fourth-order valence-electron chi connectivity index (χ4n) is 2.46. The Morgan fingerprint density at radius 3 is 2.39 bits per heavy atom. The number of halogens is 1. The molecule has 140 valence electrons. The molecule has 0 unspecified atom stereocenters. The van der Waals surface area contributed by atoms with E-state index < -0.39 is 0 Å². The fraction of sp³-hybridized carbons (Fsp3) is 0.0455. The van der Waals surface area contributed by atoms with Crippen LogP contribution in [-0.4, -0.2) is 18.0 Å².